The van der Waals surface area contributed by atoms with E-state index >= 15 is 0 Å². The number of nitrogens with one attached hydrogen (secondary N) is 2. The average molecular weight is 506 g/mol. The second-order valence-corrected chi connectivity index (χ2v) is 8.11. The van der Waals surface area contributed by atoms with E-state index in [4.69, 9.17) is 9.47 Å². The Labute approximate surface area is 183 Å². The molecule has 2 N–H and O–H groups in total. The van der Waals surface area contributed by atoms with E-state index in [1.807, 2.05) is 56.3 Å². The van der Waals surface area contributed by atoms with Crippen molar-refractivity contribution in [2.45, 2.75) is 32.9 Å². The van der Waals surface area contributed by atoms with Gasteiger partial charge in [0.1, 0.15) is 0 Å². The standard InChI is InChI=1S/C22H23IN2O4/c1-12(2)29-21-16(23)10-15(11-17(21)28-4)20-18(13(3)26)19(24-22(27)25-20)14-8-6-5-7-9-14/h5-12,20H,1-4H3,(H2,24,25,27)/t20-/m0/s1. The number of rotatable bonds is 6. The molecular formula is C22H23IN2O4. The van der Waals surface area contributed by atoms with Crippen LogP contribution in [0.5, 0.6) is 11.5 Å². The summed E-state index contributed by atoms with van der Waals surface area (Å²) in [5.74, 6) is 1.07. The van der Waals surface area contributed by atoms with Crippen molar-refractivity contribution >= 4 is 40.1 Å². The van der Waals surface area contributed by atoms with Gasteiger partial charge >= 0.3 is 6.03 Å². The summed E-state index contributed by atoms with van der Waals surface area (Å²) in [7, 11) is 1.57. The molecule has 0 saturated heterocycles. The van der Waals surface area contributed by atoms with Crippen LogP contribution in [0.15, 0.2) is 48.0 Å². The Kier molecular flexibility index (Phi) is 6.46. The molecule has 2 aromatic carbocycles. The van der Waals surface area contributed by atoms with Crippen LogP contribution >= 0.6 is 22.6 Å². The Morgan fingerprint density at radius 3 is 2.45 bits per heavy atom. The van der Waals surface area contributed by atoms with Crippen LogP contribution in [0.25, 0.3) is 5.70 Å². The van der Waals surface area contributed by atoms with Crippen LogP contribution in [0.3, 0.4) is 0 Å². The Morgan fingerprint density at radius 2 is 1.86 bits per heavy atom. The van der Waals surface area contributed by atoms with Gasteiger partial charge in [-0.1, -0.05) is 30.3 Å². The number of carbonyl (C=O) groups is 2. The van der Waals surface area contributed by atoms with Gasteiger partial charge in [0, 0.05) is 5.57 Å². The molecule has 7 heteroatoms. The van der Waals surface area contributed by atoms with Crippen LogP contribution in [0, 0.1) is 3.57 Å². The number of ketones is 1. The number of urea groups is 1. The molecule has 0 saturated carbocycles. The fraction of sp³-hybridized carbons (Fsp3) is 0.273. The maximum absolute atomic E-state index is 12.6. The quantitative estimate of drug-likeness (QED) is 0.569. The first kappa shape index (κ1) is 21.2. The van der Waals surface area contributed by atoms with Gasteiger partial charge in [0.25, 0.3) is 0 Å². The fourth-order valence-corrected chi connectivity index (χ4v) is 4.04. The molecule has 0 aromatic heterocycles. The molecule has 0 aliphatic carbocycles. The molecular weight excluding hydrogens is 483 g/mol. The Bertz CT molecular complexity index is 970. The first-order valence-electron chi connectivity index (χ1n) is 9.24. The summed E-state index contributed by atoms with van der Waals surface area (Å²) in [5, 5.41) is 5.67. The van der Waals surface area contributed by atoms with Gasteiger partial charge in [0.2, 0.25) is 0 Å². The minimum Gasteiger partial charge on any atom is -0.493 e. The zero-order chi connectivity index (χ0) is 21.1. The topological polar surface area (TPSA) is 76.7 Å². The molecule has 0 spiro atoms. The van der Waals surface area contributed by atoms with Crippen molar-refractivity contribution in [2.75, 3.05) is 7.11 Å². The lowest BCUT2D eigenvalue weighted by Gasteiger charge is -2.30. The van der Waals surface area contributed by atoms with Gasteiger partial charge in [-0.05, 0) is 66.6 Å². The summed E-state index contributed by atoms with van der Waals surface area (Å²) in [4.78, 5) is 25.0. The zero-order valence-corrected chi connectivity index (χ0v) is 18.9. The van der Waals surface area contributed by atoms with Gasteiger partial charge in [-0.2, -0.15) is 0 Å². The smallest absolute Gasteiger partial charge is 0.320 e. The molecule has 6 nitrogen and oxygen atoms in total. The molecule has 0 unspecified atom stereocenters. The lowest BCUT2D eigenvalue weighted by molar-refractivity contribution is -0.113. The third-order valence-corrected chi connectivity index (χ3v) is 5.25. The number of benzene rings is 2. The Morgan fingerprint density at radius 1 is 1.17 bits per heavy atom. The summed E-state index contributed by atoms with van der Waals surface area (Å²) in [5.41, 5.74) is 2.53. The van der Waals surface area contributed by atoms with Crippen molar-refractivity contribution < 1.29 is 19.1 Å². The summed E-state index contributed by atoms with van der Waals surface area (Å²) in [6.45, 7) is 5.39. The molecule has 3 rings (SSSR count). The van der Waals surface area contributed by atoms with E-state index < -0.39 is 6.04 Å². The van der Waals surface area contributed by atoms with E-state index in [0.717, 1.165) is 14.7 Å². The van der Waals surface area contributed by atoms with Crippen LogP contribution in [0.2, 0.25) is 0 Å². The van der Waals surface area contributed by atoms with Crippen molar-refractivity contribution in [1.29, 1.82) is 0 Å². The third-order valence-electron chi connectivity index (χ3n) is 4.45. The van der Waals surface area contributed by atoms with Crippen LogP contribution in [-0.4, -0.2) is 25.0 Å². The minimum absolute atomic E-state index is 0.0146. The van der Waals surface area contributed by atoms with Gasteiger partial charge in [0.05, 0.1) is 28.5 Å². The highest BCUT2D eigenvalue weighted by Crippen LogP contribution is 2.39. The van der Waals surface area contributed by atoms with E-state index in [9.17, 15) is 9.59 Å². The first-order valence-corrected chi connectivity index (χ1v) is 10.3. The number of methoxy groups -OCH3 is 1. The Balaban J connectivity index is 2.17. The molecule has 0 bridgehead atoms. The molecule has 29 heavy (non-hydrogen) atoms. The van der Waals surface area contributed by atoms with E-state index in [-0.39, 0.29) is 17.9 Å². The van der Waals surface area contributed by atoms with E-state index in [2.05, 4.69) is 33.2 Å². The molecule has 1 heterocycles. The normalized spacial score (nSPS) is 16.3. The number of amides is 2. The monoisotopic (exact) mass is 506 g/mol. The van der Waals surface area contributed by atoms with E-state index in [1.54, 1.807) is 7.11 Å². The summed E-state index contributed by atoms with van der Waals surface area (Å²) in [6, 6.07) is 12.1. The molecule has 1 aliphatic heterocycles. The lowest BCUT2D eigenvalue weighted by atomic mass is 9.90. The number of carbonyl (C=O) groups excluding carboxylic acids is 2. The van der Waals surface area contributed by atoms with E-state index in [0.29, 0.717) is 22.8 Å². The average Bonchev–Trinajstić information content (AvgIpc) is 2.68. The van der Waals surface area contributed by atoms with Gasteiger partial charge in [-0.25, -0.2) is 4.79 Å². The van der Waals surface area contributed by atoms with Gasteiger partial charge < -0.3 is 20.1 Å². The van der Waals surface area contributed by atoms with Crippen molar-refractivity contribution in [3.8, 4) is 11.5 Å². The molecule has 2 aromatic rings. The fourth-order valence-electron chi connectivity index (χ4n) is 3.28. The number of hydrogen-bond acceptors (Lipinski definition) is 4. The Hall–Kier alpha value is -2.55. The van der Waals surface area contributed by atoms with Gasteiger partial charge in [-0.15, -0.1) is 0 Å². The van der Waals surface area contributed by atoms with E-state index in [1.165, 1.54) is 6.92 Å². The maximum atomic E-state index is 12.6. The maximum Gasteiger partial charge on any atom is 0.320 e. The highest BCUT2D eigenvalue weighted by molar-refractivity contribution is 14.1. The minimum atomic E-state index is -0.605. The predicted octanol–water partition coefficient (Wildman–Crippen LogP) is 4.44. The molecule has 1 aliphatic rings. The molecule has 1 atom stereocenters. The molecule has 0 fully saturated rings. The highest BCUT2D eigenvalue weighted by Gasteiger charge is 2.32. The predicted molar refractivity (Wildman–Crippen MR) is 120 cm³/mol. The van der Waals surface area contributed by atoms with Gasteiger partial charge in [0.15, 0.2) is 17.3 Å². The number of Topliss-reactive ketones (excluding diaryl/α,β-unsaturated/α-hetero) is 1. The number of hydrogen-bond donors (Lipinski definition) is 2. The second kappa shape index (κ2) is 8.86. The SMILES string of the molecule is COc1cc([C@@H]2NC(=O)NC(c3ccccc3)=C2C(C)=O)cc(I)c1OC(C)C. The van der Waals surface area contributed by atoms with Crippen molar-refractivity contribution in [3.05, 3.63) is 62.7 Å². The van der Waals surface area contributed by atoms with Crippen LogP contribution in [0.4, 0.5) is 4.79 Å². The summed E-state index contributed by atoms with van der Waals surface area (Å²) in [6.07, 6.45) is -0.0146. The second-order valence-electron chi connectivity index (χ2n) is 6.94. The van der Waals surface area contributed by atoms with Crippen LogP contribution < -0.4 is 20.1 Å². The highest BCUT2D eigenvalue weighted by atomic mass is 127. The van der Waals surface area contributed by atoms with Crippen LogP contribution in [0.1, 0.15) is 37.9 Å². The lowest BCUT2D eigenvalue weighted by Crippen LogP contribution is -2.44. The third kappa shape index (κ3) is 4.55. The summed E-state index contributed by atoms with van der Waals surface area (Å²) < 4.78 is 12.3. The molecule has 152 valence electrons. The van der Waals surface area contributed by atoms with Crippen molar-refractivity contribution in [1.82, 2.24) is 10.6 Å². The summed E-state index contributed by atoms with van der Waals surface area (Å²) >= 11 is 2.18. The molecule has 2 amide bonds. The van der Waals surface area contributed by atoms with Crippen molar-refractivity contribution in [3.63, 3.8) is 0 Å². The number of ether oxygens (including phenoxy) is 2. The van der Waals surface area contributed by atoms with Gasteiger partial charge in [-0.3, -0.25) is 4.79 Å². The zero-order valence-electron chi connectivity index (χ0n) is 16.7. The van der Waals surface area contributed by atoms with Crippen LogP contribution in [-0.2, 0) is 4.79 Å². The number of halogens is 1. The molecule has 0 radical (unpaired) electrons. The van der Waals surface area contributed by atoms with Crippen molar-refractivity contribution in [2.24, 2.45) is 0 Å². The largest absolute Gasteiger partial charge is 0.493 e. The first-order chi connectivity index (χ1) is 13.8.